The molecule has 0 fully saturated rings. The maximum absolute atomic E-state index is 12.6. The van der Waals surface area contributed by atoms with Gasteiger partial charge in [-0.25, -0.2) is 0 Å². The van der Waals surface area contributed by atoms with Crippen LogP contribution in [0.5, 0.6) is 5.75 Å². The first-order valence-electron chi connectivity index (χ1n) is 8.31. The lowest BCUT2D eigenvalue weighted by atomic mass is 9.71. The first-order valence-corrected chi connectivity index (χ1v) is 8.31. The van der Waals surface area contributed by atoms with E-state index in [9.17, 15) is 4.79 Å². The highest BCUT2D eigenvalue weighted by atomic mass is 16.5. The van der Waals surface area contributed by atoms with Crippen LogP contribution in [0.2, 0.25) is 0 Å². The SMILES string of the molecule is COc1ccc(NC(=O)c2noc3c2CC(C(C)(C)C)CC3)cc1. The Morgan fingerprint density at radius 3 is 2.62 bits per heavy atom. The van der Waals surface area contributed by atoms with Crippen molar-refractivity contribution in [3.05, 3.63) is 41.3 Å². The third kappa shape index (κ3) is 3.30. The van der Waals surface area contributed by atoms with Gasteiger partial charge in [0.2, 0.25) is 0 Å². The summed E-state index contributed by atoms with van der Waals surface area (Å²) in [4.78, 5) is 12.6. The standard InChI is InChI=1S/C19H24N2O3/c1-19(2,3)12-5-10-16-15(11-12)17(21-24-16)18(22)20-13-6-8-14(23-4)9-7-13/h6-9,12H,5,10-11H2,1-4H3,(H,20,22). The lowest BCUT2D eigenvalue weighted by Crippen LogP contribution is -2.27. The molecule has 2 aromatic rings. The zero-order valence-electron chi connectivity index (χ0n) is 14.7. The van der Waals surface area contributed by atoms with Gasteiger partial charge in [-0.15, -0.1) is 0 Å². The molecule has 24 heavy (non-hydrogen) atoms. The lowest BCUT2D eigenvalue weighted by Gasteiger charge is -2.33. The number of hydrogen-bond donors (Lipinski definition) is 1. The number of aromatic nitrogens is 1. The van der Waals surface area contributed by atoms with Crippen molar-refractivity contribution >= 4 is 11.6 Å². The number of fused-ring (bicyclic) bond motifs is 1. The molecule has 5 nitrogen and oxygen atoms in total. The van der Waals surface area contributed by atoms with Crippen LogP contribution in [0.3, 0.4) is 0 Å². The van der Waals surface area contributed by atoms with E-state index in [2.05, 4.69) is 31.2 Å². The van der Waals surface area contributed by atoms with Crippen molar-refractivity contribution in [1.29, 1.82) is 0 Å². The van der Waals surface area contributed by atoms with Gasteiger partial charge in [0.15, 0.2) is 5.69 Å². The highest BCUT2D eigenvalue weighted by Crippen LogP contribution is 2.38. The maximum atomic E-state index is 12.6. The van der Waals surface area contributed by atoms with E-state index in [-0.39, 0.29) is 11.3 Å². The van der Waals surface area contributed by atoms with E-state index in [0.717, 1.165) is 36.3 Å². The van der Waals surface area contributed by atoms with Gasteiger partial charge < -0.3 is 14.6 Å². The van der Waals surface area contributed by atoms with E-state index in [1.165, 1.54) is 0 Å². The van der Waals surface area contributed by atoms with Gasteiger partial charge in [-0.2, -0.15) is 0 Å². The quantitative estimate of drug-likeness (QED) is 0.922. The normalized spacial score (nSPS) is 17.2. The number of nitrogens with zero attached hydrogens (tertiary/aromatic N) is 1. The van der Waals surface area contributed by atoms with Crippen LogP contribution in [0.1, 0.15) is 49.0 Å². The third-order valence-electron chi connectivity index (χ3n) is 4.83. The molecule has 5 heteroatoms. The number of carbonyl (C=O) groups excluding carboxylic acids is 1. The van der Waals surface area contributed by atoms with Crippen molar-refractivity contribution in [2.75, 3.05) is 12.4 Å². The molecule has 1 atom stereocenters. The first kappa shape index (κ1) is 16.6. The molecule has 1 heterocycles. The van der Waals surface area contributed by atoms with Gasteiger partial charge in [-0.1, -0.05) is 25.9 Å². The molecule has 1 N–H and O–H groups in total. The summed E-state index contributed by atoms with van der Waals surface area (Å²) >= 11 is 0. The van der Waals surface area contributed by atoms with E-state index in [1.807, 2.05) is 12.1 Å². The summed E-state index contributed by atoms with van der Waals surface area (Å²) in [5.74, 6) is 1.91. The lowest BCUT2D eigenvalue weighted by molar-refractivity contribution is 0.101. The average Bonchev–Trinajstić information content (AvgIpc) is 2.98. The van der Waals surface area contributed by atoms with Crippen LogP contribution in [0.15, 0.2) is 28.8 Å². The van der Waals surface area contributed by atoms with Crippen LogP contribution < -0.4 is 10.1 Å². The van der Waals surface area contributed by atoms with Gasteiger partial charge in [0.1, 0.15) is 11.5 Å². The molecule has 0 radical (unpaired) electrons. The second-order valence-electron chi connectivity index (χ2n) is 7.42. The van der Waals surface area contributed by atoms with Gasteiger partial charge in [-0.3, -0.25) is 4.79 Å². The molecule has 0 spiro atoms. The van der Waals surface area contributed by atoms with Gasteiger partial charge in [0.25, 0.3) is 5.91 Å². The third-order valence-corrected chi connectivity index (χ3v) is 4.83. The Morgan fingerprint density at radius 1 is 1.29 bits per heavy atom. The summed E-state index contributed by atoms with van der Waals surface area (Å²) in [6.45, 7) is 6.73. The van der Waals surface area contributed by atoms with Gasteiger partial charge in [-0.05, 0) is 48.4 Å². The minimum absolute atomic E-state index is 0.207. The molecule has 0 bridgehead atoms. The molecule has 3 rings (SSSR count). The summed E-state index contributed by atoms with van der Waals surface area (Å²) in [6.07, 6.45) is 2.76. The number of hydrogen-bond acceptors (Lipinski definition) is 4. The Labute approximate surface area is 142 Å². The zero-order valence-corrected chi connectivity index (χ0v) is 14.7. The van der Waals surface area contributed by atoms with Crippen LogP contribution in [0, 0.1) is 11.3 Å². The molecule has 1 aromatic heterocycles. The molecular formula is C19H24N2O3. The van der Waals surface area contributed by atoms with Crippen molar-refractivity contribution in [1.82, 2.24) is 5.16 Å². The van der Waals surface area contributed by atoms with Crippen molar-refractivity contribution in [2.45, 2.75) is 40.0 Å². The molecule has 128 valence electrons. The Hall–Kier alpha value is -2.30. The number of ether oxygens (including phenoxy) is 1. The zero-order chi connectivity index (χ0) is 17.3. The summed E-state index contributed by atoms with van der Waals surface area (Å²) in [6, 6.07) is 7.23. The fraction of sp³-hybridized carbons (Fsp3) is 0.474. The monoisotopic (exact) mass is 328 g/mol. The second kappa shape index (κ2) is 6.30. The molecule has 1 unspecified atom stereocenters. The van der Waals surface area contributed by atoms with Gasteiger partial charge >= 0.3 is 0 Å². The van der Waals surface area contributed by atoms with E-state index in [4.69, 9.17) is 9.26 Å². The number of anilines is 1. The number of amides is 1. The Bertz CT molecular complexity index is 726. The van der Waals surface area contributed by atoms with E-state index >= 15 is 0 Å². The molecule has 0 aliphatic heterocycles. The summed E-state index contributed by atoms with van der Waals surface area (Å²) < 4.78 is 10.5. The predicted octanol–water partition coefficient (Wildman–Crippen LogP) is 4.09. The average molecular weight is 328 g/mol. The van der Waals surface area contributed by atoms with Crippen LogP contribution >= 0.6 is 0 Å². The number of benzene rings is 1. The Kier molecular flexibility index (Phi) is 4.35. The van der Waals surface area contributed by atoms with Crippen LogP contribution in [0.25, 0.3) is 0 Å². The fourth-order valence-corrected chi connectivity index (χ4v) is 3.19. The smallest absolute Gasteiger partial charge is 0.278 e. The Balaban J connectivity index is 1.78. The summed E-state index contributed by atoms with van der Waals surface area (Å²) in [5.41, 5.74) is 2.29. The van der Waals surface area contributed by atoms with Crippen LogP contribution in [0.4, 0.5) is 5.69 Å². The van der Waals surface area contributed by atoms with Crippen molar-refractivity contribution in [3.8, 4) is 5.75 Å². The molecule has 0 saturated carbocycles. The highest BCUT2D eigenvalue weighted by molar-refractivity contribution is 6.04. The molecule has 1 aromatic carbocycles. The van der Waals surface area contributed by atoms with Crippen molar-refractivity contribution in [2.24, 2.45) is 11.3 Å². The number of nitrogens with one attached hydrogen (secondary N) is 1. The van der Waals surface area contributed by atoms with E-state index in [1.54, 1.807) is 19.2 Å². The minimum atomic E-state index is -0.222. The molecule has 0 saturated heterocycles. The van der Waals surface area contributed by atoms with Gasteiger partial charge in [0.05, 0.1) is 7.11 Å². The van der Waals surface area contributed by atoms with Crippen molar-refractivity contribution in [3.63, 3.8) is 0 Å². The van der Waals surface area contributed by atoms with E-state index < -0.39 is 0 Å². The molecular weight excluding hydrogens is 304 g/mol. The summed E-state index contributed by atoms with van der Waals surface area (Å²) in [7, 11) is 1.61. The predicted molar refractivity (Wildman–Crippen MR) is 92.4 cm³/mol. The molecule has 1 aliphatic rings. The number of rotatable bonds is 3. The second-order valence-corrected chi connectivity index (χ2v) is 7.42. The van der Waals surface area contributed by atoms with Gasteiger partial charge in [0, 0.05) is 17.7 Å². The fourth-order valence-electron chi connectivity index (χ4n) is 3.19. The molecule has 1 aliphatic carbocycles. The maximum Gasteiger partial charge on any atom is 0.278 e. The number of carbonyl (C=O) groups is 1. The van der Waals surface area contributed by atoms with Crippen molar-refractivity contribution < 1.29 is 14.1 Å². The largest absolute Gasteiger partial charge is 0.497 e. The minimum Gasteiger partial charge on any atom is -0.497 e. The van der Waals surface area contributed by atoms with Crippen LogP contribution in [-0.2, 0) is 12.8 Å². The number of methoxy groups -OCH3 is 1. The molecule has 1 amide bonds. The summed E-state index contributed by atoms with van der Waals surface area (Å²) in [5, 5.41) is 6.91. The van der Waals surface area contributed by atoms with E-state index in [0.29, 0.717) is 17.3 Å². The topological polar surface area (TPSA) is 64.4 Å². The Morgan fingerprint density at radius 2 is 2.00 bits per heavy atom. The highest BCUT2D eigenvalue weighted by Gasteiger charge is 2.34. The first-order chi connectivity index (χ1) is 11.4. The van der Waals surface area contributed by atoms with Crippen LogP contribution in [-0.4, -0.2) is 18.2 Å². The number of aryl methyl sites for hydroxylation is 1.